The summed E-state index contributed by atoms with van der Waals surface area (Å²) in [5.41, 5.74) is 1.20. The van der Waals surface area contributed by atoms with E-state index in [9.17, 15) is 9.59 Å². The van der Waals surface area contributed by atoms with Crippen molar-refractivity contribution in [3.05, 3.63) is 11.1 Å². The Labute approximate surface area is 165 Å². The minimum atomic E-state index is -0.795. The van der Waals surface area contributed by atoms with Gasteiger partial charge >= 0.3 is 11.9 Å². The van der Waals surface area contributed by atoms with Gasteiger partial charge in [-0.05, 0) is 56.8 Å². The van der Waals surface area contributed by atoms with Crippen molar-refractivity contribution in [2.24, 2.45) is 22.7 Å². The van der Waals surface area contributed by atoms with E-state index in [2.05, 4.69) is 13.8 Å². The molecule has 4 atom stereocenters. The lowest BCUT2D eigenvalue weighted by molar-refractivity contribution is -0.186. The maximum Gasteiger partial charge on any atom is 0.313 e. The van der Waals surface area contributed by atoms with Gasteiger partial charge in [-0.1, -0.05) is 52.7 Å². The molecule has 1 fully saturated rings. The monoisotopic (exact) mass is 378 g/mol. The van der Waals surface area contributed by atoms with E-state index in [0.29, 0.717) is 26.1 Å². The van der Waals surface area contributed by atoms with E-state index in [1.165, 1.54) is 11.1 Å². The first-order valence-corrected chi connectivity index (χ1v) is 11.0. The van der Waals surface area contributed by atoms with Crippen molar-refractivity contribution in [1.82, 2.24) is 0 Å². The van der Waals surface area contributed by atoms with E-state index in [4.69, 9.17) is 9.47 Å². The smallest absolute Gasteiger partial charge is 0.313 e. The second kappa shape index (κ2) is 8.79. The van der Waals surface area contributed by atoms with Gasteiger partial charge in [0.2, 0.25) is 0 Å². The van der Waals surface area contributed by atoms with Gasteiger partial charge in [0.1, 0.15) is 0 Å². The predicted octanol–water partition coefficient (Wildman–Crippen LogP) is 5.45. The molecule has 2 unspecified atom stereocenters. The summed E-state index contributed by atoms with van der Waals surface area (Å²) in [5.74, 6) is -0.164. The molecule has 0 aromatic carbocycles. The first-order chi connectivity index (χ1) is 13.0. The van der Waals surface area contributed by atoms with Crippen LogP contribution in [0.25, 0.3) is 0 Å². The Morgan fingerprint density at radius 2 is 1.15 bits per heavy atom. The van der Waals surface area contributed by atoms with Crippen LogP contribution in [0.15, 0.2) is 11.1 Å². The number of fused-ring (bicyclic) bond motifs is 2. The topological polar surface area (TPSA) is 52.6 Å². The van der Waals surface area contributed by atoms with Crippen molar-refractivity contribution in [2.45, 2.75) is 86.5 Å². The summed E-state index contributed by atoms with van der Waals surface area (Å²) in [5, 5.41) is 0. The summed E-state index contributed by atoms with van der Waals surface area (Å²) >= 11 is 0. The molecule has 4 nitrogen and oxygen atoms in total. The Kier molecular flexibility index (Phi) is 7.15. The Morgan fingerprint density at radius 3 is 1.41 bits per heavy atom. The zero-order valence-electron chi connectivity index (χ0n) is 18.2. The summed E-state index contributed by atoms with van der Waals surface area (Å²) in [6.45, 7) is 13.3. The van der Waals surface area contributed by atoms with E-state index >= 15 is 0 Å². The minimum Gasteiger partial charge on any atom is -0.465 e. The van der Waals surface area contributed by atoms with Crippen LogP contribution >= 0.6 is 0 Å². The minimum absolute atomic E-state index is 0.103. The van der Waals surface area contributed by atoms with Gasteiger partial charge < -0.3 is 9.47 Å². The fraction of sp³-hybridized carbons (Fsp3) is 0.826. The highest BCUT2D eigenvalue weighted by atomic mass is 16.5. The largest absolute Gasteiger partial charge is 0.465 e. The molecule has 1 saturated carbocycles. The molecule has 2 aliphatic rings. The number of carbonyl (C=O) groups is 2. The Balaban J connectivity index is 2.66. The summed E-state index contributed by atoms with van der Waals surface area (Å²) in [4.78, 5) is 27.0. The number of carbonyl (C=O) groups excluding carboxylic acids is 2. The zero-order chi connectivity index (χ0) is 20.2. The van der Waals surface area contributed by atoms with E-state index in [0.717, 1.165) is 32.1 Å². The van der Waals surface area contributed by atoms with Gasteiger partial charge in [-0.2, -0.15) is 0 Å². The van der Waals surface area contributed by atoms with Crippen molar-refractivity contribution in [2.75, 3.05) is 13.2 Å². The van der Waals surface area contributed by atoms with Gasteiger partial charge in [-0.25, -0.2) is 0 Å². The number of rotatable bonds is 10. The van der Waals surface area contributed by atoms with E-state index in [1.54, 1.807) is 0 Å². The van der Waals surface area contributed by atoms with Crippen LogP contribution in [-0.2, 0) is 19.1 Å². The van der Waals surface area contributed by atoms with Crippen LogP contribution in [0.4, 0.5) is 0 Å². The van der Waals surface area contributed by atoms with Crippen LogP contribution in [0.5, 0.6) is 0 Å². The SMILES string of the molecule is CCCOC(=O)C1(CC)[C@H]2C[C@@H](C(CC)=C2CC)C1(CC)C(=O)OCCC. The molecule has 2 aliphatic carbocycles. The van der Waals surface area contributed by atoms with Crippen molar-refractivity contribution in [3.8, 4) is 0 Å². The number of ether oxygens (including phenoxy) is 2. The highest BCUT2D eigenvalue weighted by Gasteiger charge is 2.75. The van der Waals surface area contributed by atoms with Gasteiger partial charge in [-0.3, -0.25) is 9.59 Å². The molecule has 0 N–H and O–H groups in total. The van der Waals surface area contributed by atoms with Gasteiger partial charge in [0.05, 0.1) is 24.0 Å². The maximum atomic E-state index is 13.5. The first-order valence-electron chi connectivity index (χ1n) is 11.0. The molecule has 0 aromatic rings. The summed E-state index contributed by atoms with van der Waals surface area (Å²) in [6.07, 6.45) is 5.58. The molecule has 0 spiro atoms. The van der Waals surface area contributed by atoms with Crippen molar-refractivity contribution in [1.29, 1.82) is 0 Å². The molecule has 0 amide bonds. The predicted molar refractivity (Wildman–Crippen MR) is 107 cm³/mol. The molecule has 2 rings (SSSR count). The number of esters is 2. The van der Waals surface area contributed by atoms with Crippen LogP contribution in [0.3, 0.4) is 0 Å². The van der Waals surface area contributed by atoms with Gasteiger partial charge in [0.15, 0.2) is 0 Å². The van der Waals surface area contributed by atoms with Crippen LogP contribution in [0.1, 0.15) is 86.5 Å². The van der Waals surface area contributed by atoms with E-state index in [-0.39, 0.29) is 23.8 Å². The zero-order valence-corrected chi connectivity index (χ0v) is 18.2. The van der Waals surface area contributed by atoms with Gasteiger partial charge in [-0.15, -0.1) is 0 Å². The van der Waals surface area contributed by atoms with Crippen molar-refractivity contribution in [3.63, 3.8) is 0 Å². The first kappa shape index (κ1) is 22.0. The molecular weight excluding hydrogens is 340 g/mol. The molecule has 4 heteroatoms. The van der Waals surface area contributed by atoms with Gasteiger partial charge in [0.25, 0.3) is 0 Å². The number of hydrogen-bond acceptors (Lipinski definition) is 4. The number of hydrogen-bond donors (Lipinski definition) is 0. The molecule has 0 aromatic heterocycles. The van der Waals surface area contributed by atoms with Crippen LogP contribution < -0.4 is 0 Å². The summed E-state index contributed by atoms with van der Waals surface area (Å²) < 4.78 is 11.5. The molecule has 2 bridgehead atoms. The lowest BCUT2D eigenvalue weighted by Crippen LogP contribution is -2.57. The van der Waals surface area contributed by atoms with Gasteiger partial charge in [0, 0.05) is 0 Å². The van der Waals surface area contributed by atoms with E-state index < -0.39 is 10.8 Å². The second-order valence-corrected chi connectivity index (χ2v) is 8.02. The highest BCUT2D eigenvalue weighted by molar-refractivity contribution is 5.92. The third kappa shape index (κ3) is 2.94. The van der Waals surface area contributed by atoms with Crippen LogP contribution in [-0.4, -0.2) is 25.2 Å². The fourth-order valence-corrected chi connectivity index (χ4v) is 6.24. The fourth-order valence-electron chi connectivity index (χ4n) is 6.24. The molecule has 27 heavy (non-hydrogen) atoms. The third-order valence-electron chi connectivity index (χ3n) is 7.19. The van der Waals surface area contributed by atoms with Crippen LogP contribution in [0.2, 0.25) is 0 Å². The normalized spacial score (nSPS) is 32.1. The Morgan fingerprint density at radius 1 is 0.778 bits per heavy atom. The lowest BCUT2D eigenvalue weighted by Gasteiger charge is -2.50. The third-order valence-corrected chi connectivity index (χ3v) is 7.19. The molecule has 0 radical (unpaired) electrons. The highest BCUT2D eigenvalue weighted by Crippen LogP contribution is 2.72. The number of allylic oxidation sites excluding steroid dienone is 2. The van der Waals surface area contributed by atoms with E-state index in [1.807, 2.05) is 27.7 Å². The molecular formula is C23H38O4. The second-order valence-electron chi connectivity index (χ2n) is 8.02. The quantitative estimate of drug-likeness (QED) is 0.374. The maximum absolute atomic E-state index is 13.5. The van der Waals surface area contributed by atoms with Crippen molar-refractivity contribution < 1.29 is 19.1 Å². The van der Waals surface area contributed by atoms with Crippen LogP contribution in [0, 0.1) is 22.7 Å². The molecule has 0 saturated heterocycles. The lowest BCUT2D eigenvalue weighted by atomic mass is 9.52. The Bertz CT molecular complexity index is 543. The Hall–Kier alpha value is -1.32. The average Bonchev–Trinajstić information content (AvgIpc) is 3.21. The average molecular weight is 379 g/mol. The molecule has 0 heterocycles. The molecule has 154 valence electrons. The standard InChI is InChI=1S/C23H38O4/c1-7-13-26-20(24)22(11-5)18-15-19(17(10-4)16(18)9-3)23(22,12-6)21(25)27-14-8-2/h18-19H,7-15H2,1-6H3/t18-,19-,22?,23?/m0/s1. The summed E-state index contributed by atoms with van der Waals surface area (Å²) in [6, 6.07) is 0. The van der Waals surface area contributed by atoms with Crippen molar-refractivity contribution >= 4 is 11.9 Å². The summed E-state index contributed by atoms with van der Waals surface area (Å²) in [7, 11) is 0. The molecule has 0 aliphatic heterocycles.